The van der Waals surface area contributed by atoms with Crippen molar-refractivity contribution in [2.75, 3.05) is 6.61 Å². The number of pyridine rings is 1. The first-order chi connectivity index (χ1) is 20.0. The summed E-state index contributed by atoms with van der Waals surface area (Å²) < 4.78 is 13.6. The topological polar surface area (TPSA) is 132 Å². The Kier molecular flexibility index (Phi) is 8.29. The van der Waals surface area contributed by atoms with Crippen molar-refractivity contribution in [3.63, 3.8) is 0 Å². The van der Waals surface area contributed by atoms with Crippen LogP contribution in [0.1, 0.15) is 95.8 Å². The molecule has 0 bridgehead atoms. The summed E-state index contributed by atoms with van der Waals surface area (Å²) in [4.78, 5) is 34.4. The fourth-order valence-corrected chi connectivity index (χ4v) is 5.32. The molecular formula is C31H39N7O4. The molecule has 2 amide bonds. The maximum atomic E-state index is 13.2. The molecule has 0 spiro atoms. The average Bonchev–Trinajstić information content (AvgIpc) is 3.37. The van der Waals surface area contributed by atoms with Crippen LogP contribution in [0.25, 0.3) is 5.65 Å². The van der Waals surface area contributed by atoms with Crippen molar-refractivity contribution in [3.8, 4) is 5.75 Å². The van der Waals surface area contributed by atoms with E-state index in [1.54, 1.807) is 6.92 Å². The monoisotopic (exact) mass is 573 g/mol. The number of nitrogens with one attached hydrogen (secondary N) is 2. The molecule has 0 fully saturated rings. The fraction of sp³-hybridized carbons (Fsp3) is 0.484. The normalized spacial score (nSPS) is 20.4. The molecule has 42 heavy (non-hydrogen) atoms. The Morgan fingerprint density at radius 3 is 2.52 bits per heavy atom. The minimum atomic E-state index is -0.630. The Hall–Kier alpha value is -4.28. The van der Waals surface area contributed by atoms with E-state index in [9.17, 15) is 9.59 Å². The lowest BCUT2D eigenvalue weighted by Gasteiger charge is -2.33. The second-order valence-corrected chi connectivity index (χ2v) is 12.0. The number of hydrogen-bond donors (Lipinski definition) is 2. The quantitative estimate of drug-likeness (QED) is 0.370. The number of benzene rings is 1. The molecule has 5 rings (SSSR count). The summed E-state index contributed by atoms with van der Waals surface area (Å²) in [6.07, 6.45) is 2.96. The number of esters is 1. The Balaban J connectivity index is 1.29. The molecule has 3 heterocycles. The van der Waals surface area contributed by atoms with Crippen LogP contribution in [-0.4, -0.2) is 50.9 Å². The lowest BCUT2D eigenvalue weighted by molar-refractivity contribution is -0.135. The van der Waals surface area contributed by atoms with Crippen molar-refractivity contribution >= 4 is 29.2 Å². The first-order valence-corrected chi connectivity index (χ1v) is 14.5. The van der Waals surface area contributed by atoms with Crippen LogP contribution in [0.15, 0.2) is 52.6 Å². The second kappa shape index (κ2) is 11.9. The third-order valence-corrected chi connectivity index (χ3v) is 7.46. The number of aromatic nitrogens is 3. The van der Waals surface area contributed by atoms with Gasteiger partial charge in [-0.25, -0.2) is 19.6 Å². The molecule has 0 saturated carbocycles. The molecule has 1 aromatic carbocycles. The number of carbonyl (C=O) groups excluding carboxylic acids is 2. The lowest BCUT2D eigenvalue weighted by Crippen LogP contribution is -2.47. The molecule has 1 aliphatic heterocycles. The van der Waals surface area contributed by atoms with Gasteiger partial charge in [-0.3, -0.25) is 4.40 Å². The van der Waals surface area contributed by atoms with Gasteiger partial charge in [-0.05, 0) is 43.0 Å². The van der Waals surface area contributed by atoms with E-state index < -0.39 is 12.1 Å². The number of amides is 2. The molecule has 222 valence electrons. The van der Waals surface area contributed by atoms with E-state index in [1.807, 2.05) is 67.8 Å². The van der Waals surface area contributed by atoms with Gasteiger partial charge in [-0.2, -0.15) is 0 Å². The number of aliphatic imine (C=N–C) groups is 2. The molecule has 3 aromatic rings. The molecule has 2 aliphatic rings. The molecule has 11 heteroatoms. The van der Waals surface area contributed by atoms with Crippen LogP contribution in [-0.2, 0) is 9.53 Å². The van der Waals surface area contributed by atoms with Crippen LogP contribution < -0.4 is 15.4 Å². The number of amidine groups is 1. The maximum Gasteiger partial charge on any atom is 0.376 e. The number of ether oxygens (including phenoxy) is 2. The van der Waals surface area contributed by atoms with Gasteiger partial charge < -0.3 is 20.1 Å². The molecule has 1 aliphatic carbocycles. The number of hydrogen-bond acceptors (Lipinski definition) is 8. The van der Waals surface area contributed by atoms with Crippen LogP contribution >= 0.6 is 0 Å². The summed E-state index contributed by atoms with van der Waals surface area (Å²) in [6.45, 7) is 12.2. The summed E-state index contributed by atoms with van der Waals surface area (Å²) in [5.74, 6) is 1.23. The molecule has 1 unspecified atom stereocenters. The zero-order valence-electron chi connectivity index (χ0n) is 25.0. The first kappa shape index (κ1) is 29.2. The fourth-order valence-electron chi connectivity index (χ4n) is 5.32. The van der Waals surface area contributed by atoms with Gasteiger partial charge in [-0.1, -0.05) is 58.9 Å². The van der Waals surface area contributed by atoms with E-state index in [1.165, 1.54) is 0 Å². The standard InChI is InChI=1S/C31H39N7O4/c1-7-41-29(39)27-33-24(31(4,5)6)16-25(34-27)35-30(40)32-22-13-14-23(21-11-9-8-10-20(21)22)42-19-12-15-26-36-37-28(18(2)3)38(26)17-19/h8-12,15,17-18,22-23,25H,7,13-14,16H2,1-6H3,(H2,32,35,40)/t22-,23+,25?/m0/s1. The summed E-state index contributed by atoms with van der Waals surface area (Å²) in [6, 6.07) is 11.3. The lowest BCUT2D eigenvalue weighted by atomic mass is 9.85. The van der Waals surface area contributed by atoms with Crippen molar-refractivity contribution in [1.29, 1.82) is 0 Å². The van der Waals surface area contributed by atoms with Crippen LogP contribution in [0, 0.1) is 5.41 Å². The van der Waals surface area contributed by atoms with Gasteiger partial charge in [0.05, 0.1) is 18.8 Å². The van der Waals surface area contributed by atoms with Gasteiger partial charge in [0, 0.05) is 23.5 Å². The van der Waals surface area contributed by atoms with Crippen molar-refractivity contribution in [2.24, 2.45) is 15.4 Å². The summed E-state index contributed by atoms with van der Waals surface area (Å²) in [5.41, 5.74) is 3.30. The largest absolute Gasteiger partial charge is 0.484 e. The van der Waals surface area contributed by atoms with Gasteiger partial charge in [0.25, 0.3) is 0 Å². The van der Waals surface area contributed by atoms with Crippen molar-refractivity contribution in [2.45, 2.75) is 85.0 Å². The third kappa shape index (κ3) is 6.29. The second-order valence-electron chi connectivity index (χ2n) is 12.0. The first-order valence-electron chi connectivity index (χ1n) is 14.5. The Morgan fingerprint density at radius 2 is 1.81 bits per heavy atom. The molecule has 2 N–H and O–H groups in total. The Labute approximate surface area is 245 Å². The van der Waals surface area contributed by atoms with Crippen LogP contribution in [0.2, 0.25) is 0 Å². The Bertz CT molecular complexity index is 1540. The number of fused-ring (bicyclic) bond motifs is 2. The predicted molar refractivity (Wildman–Crippen MR) is 160 cm³/mol. The molecule has 0 saturated heterocycles. The summed E-state index contributed by atoms with van der Waals surface area (Å²) >= 11 is 0. The van der Waals surface area contributed by atoms with Crippen LogP contribution in [0.5, 0.6) is 5.75 Å². The van der Waals surface area contributed by atoms with Gasteiger partial charge >= 0.3 is 12.0 Å². The highest BCUT2D eigenvalue weighted by atomic mass is 16.5. The van der Waals surface area contributed by atoms with Crippen LogP contribution in [0.3, 0.4) is 0 Å². The van der Waals surface area contributed by atoms with Gasteiger partial charge in [0.2, 0.25) is 5.84 Å². The number of urea groups is 1. The molecule has 11 nitrogen and oxygen atoms in total. The average molecular weight is 574 g/mol. The molecular weight excluding hydrogens is 534 g/mol. The van der Waals surface area contributed by atoms with Crippen LogP contribution in [0.4, 0.5) is 4.79 Å². The van der Waals surface area contributed by atoms with E-state index >= 15 is 0 Å². The molecule has 3 atom stereocenters. The number of rotatable bonds is 7. The minimum Gasteiger partial charge on any atom is -0.484 e. The van der Waals surface area contributed by atoms with Gasteiger partial charge in [-0.15, -0.1) is 10.2 Å². The zero-order valence-corrected chi connectivity index (χ0v) is 25.0. The van der Waals surface area contributed by atoms with E-state index in [-0.39, 0.29) is 42.0 Å². The smallest absolute Gasteiger partial charge is 0.376 e. The number of nitrogens with zero attached hydrogens (tertiary/aromatic N) is 5. The van der Waals surface area contributed by atoms with Crippen molar-refractivity contribution in [3.05, 3.63) is 59.5 Å². The third-order valence-electron chi connectivity index (χ3n) is 7.46. The van der Waals surface area contributed by atoms with E-state index in [0.717, 1.165) is 34.1 Å². The van der Waals surface area contributed by atoms with Gasteiger partial charge in [0.1, 0.15) is 23.8 Å². The molecule has 0 radical (unpaired) electrons. The zero-order chi connectivity index (χ0) is 30.0. The van der Waals surface area contributed by atoms with Crippen molar-refractivity contribution in [1.82, 2.24) is 25.2 Å². The van der Waals surface area contributed by atoms with Gasteiger partial charge in [0.15, 0.2) is 5.65 Å². The maximum absolute atomic E-state index is 13.2. The van der Waals surface area contributed by atoms with E-state index in [2.05, 4.69) is 44.7 Å². The van der Waals surface area contributed by atoms with E-state index in [4.69, 9.17) is 9.47 Å². The SMILES string of the molecule is CCOC(=O)C1=NC(NC(=O)N[C@H]2CC[C@@H](Oc3ccc4nnc(C(C)C)n4c3)c3ccccc32)CC(C(C)(C)C)=N1. The molecule has 2 aromatic heterocycles. The highest BCUT2D eigenvalue weighted by molar-refractivity contribution is 6.38. The minimum absolute atomic E-state index is 0.0218. The summed E-state index contributed by atoms with van der Waals surface area (Å²) in [5, 5.41) is 14.6. The number of carbonyl (C=O) groups is 2. The Morgan fingerprint density at radius 1 is 1.05 bits per heavy atom. The summed E-state index contributed by atoms with van der Waals surface area (Å²) in [7, 11) is 0. The predicted octanol–water partition coefficient (Wildman–Crippen LogP) is 5.29. The highest BCUT2D eigenvalue weighted by Crippen LogP contribution is 2.39. The van der Waals surface area contributed by atoms with Crippen molar-refractivity contribution < 1.29 is 19.1 Å². The van der Waals surface area contributed by atoms with E-state index in [0.29, 0.717) is 19.3 Å². The highest BCUT2D eigenvalue weighted by Gasteiger charge is 2.32.